The fraction of sp³-hybridized carbons (Fsp3) is 0.562. The summed E-state index contributed by atoms with van der Waals surface area (Å²) >= 11 is 0. The number of hydrogen-bond donors (Lipinski definition) is 0. The lowest BCUT2D eigenvalue weighted by Gasteiger charge is -2.29. The van der Waals surface area contributed by atoms with E-state index >= 15 is 0 Å². The zero-order valence-electron chi connectivity index (χ0n) is 12.3. The van der Waals surface area contributed by atoms with E-state index in [0.717, 1.165) is 19.5 Å². The summed E-state index contributed by atoms with van der Waals surface area (Å²) in [5.41, 5.74) is 0.580. The summed E-state index contributed by atoms with van der Waals surface area (Å²) in [7, 11) is 0. The van der Waals surface area contributed by atoms with Gasteiger partial charge in [0.1, 0.15) is 5.82 Å². The minimum absolute atomic E-state index is 0.0603. The predicted octanol–water partition coefficient (Wildman–Crippen LogP) is 3.76. The molecule has 0 heterocycles. The Morgan fingerprint density at radius 3 is 2.26 bits per heavy atom. The molecular weight excluding hydrogens is 241 g/mol. The van der Waals surface area contributed by atoms with Gasteiger partial charge in [-0.3, -0.25) is 9.69 Å². The van der Waals surface area contributed by atoms with Crippen LogP contribution in [0.2, 0.25) is 0 Å². The number of ketones is 1. The molecule has 106 valence electrons. The highest BCUT2D eigenvalue weighted by Gasteiger charge is 2.22. The first-order chi connectivity index (χ1) is 8.99. The fourth-order valence-electron chi connectivity index (χ4n) is 2.11. The van der Waals surface area contributed by atoms with E-state index in [1.165, 1.54) is 12.1 Å². The molecule has 1 rings (SSSR count). The van der Waals surface area contributed by atoms with E-state index in [1.807, 2.05) is 6.92 Å². The Morgan fingerprint density at radius 1 is 1.21 bits per heavy atom. The maximum Gasteiger partial charge on any atom is 0.179 e. The maximum absolute atomic E-state index is 12.9. The Bertz CT molecular complexity index is 402. The van der Waals surface area contributed by atoms with Crippen LogP contribution in [0.4, 0.5) is 4.39 Å². The summed E-state index contributed by atoms with van der Waals surface area (Å²) in [5, 5.41) is 0. The van der Waals surface area contributed by atoms with Crippen molar-refractivity contribution in [2.45, 2.75) is 40.2 Å². The van der Waals surface area contributed by atoms with Gasteiger partial charge in [0, 0.05) is 12.1 Å². The van der Waals surface area contributed by atoms with Crippen molar-refractivity contribution in [3.63, 3.8) is 0 Å². The van der Waals surface area contributed by atoms with Crippen molar-refractivity contribution in [1.29, 1.82) is 0 Å². The zero-order chi connectivity index (χ0) is 14.4. The van der Waals surface area contributed by atoms with Crippen LogP contribution in [0, 0.1) is 11.7 Å². The second kappa shape index (κ2) is 7.39. The monoisotopic (exact) mass is 265 g/mol. The van der Waals surface area contributed by atoms with Gasteiger partial charge in [0.2, 0.25) is 0 Å². The largest absolute Gasteiger partial charge is 0.294 e. The third-order valence-electron chi connectivity index (χ3n) is 3.71. The van der Waals surface area contributed by atoms with Gasteiger partial charge in [0.05, 0.1) is 6.04 Å². The van der Waals surface area contributed by atoms with Gasteiger partial charge in [-0.1, -0.05) is 27.2 Å². The van der Waals surface area contributed by atoms with E-state index in [4.69, 9.17) is 0 Å². The van der Waals surface area contributed by atoms with Crippen LogP contribution in [0.1, 0.15) is 44.5 Å². The number of hydrogen-bond acceptors (Lipinski definition) is 2. The van der Waals surface area contributed by atoms with Gasteiger partial charge in [-0.25, -0.2) is 4.39 Å². The number of rotatable bonds is 7. The summed E-state index contributed by atoms with van der Waals surface area (Å²) < 4.78 is 12.9. The first-order valence-electron chi connectivity index (χ1n) is 7.03. The van der Waals surface area contributed by atoms with Crippen LogP contribution in [-0.4, -0.2) is 29.8 Å². The molecule has 2 atom stereocenters. The van der Waals surface area contributed by atoms with Crippen molar-refractivity contribution in [3.05, 3.63) is 35.6 Å². The summed E-state index contributed by atoms with van der Waals surface area (Å²) in [6.45, 7) is 10.1. The minimum atomic E-state index is -0.309. The molecule has 0 aliphatic carbocycles. The highest BCUT2D eigenvalue weighted by molar-refractivity contribution is 5.99. The van der Waals surface area contributed by atoms with Crippen molar-refractivity contribution in [2.24, 2.45) is 5.92 Å². The van der Waals surface area contributed by atoms with Crippen molar-refractivity contribution in [3.8, 4) is 0 Å². The number of carbonyl (C=O) groups excluding carboxylic acids is 1. The Hall–Kier alpha value is -1.22. The fourth-order valence-corrected chi connectivity index (χ4v) is 2.11. The number of carbonyl (C=O) groups is 1. The highest BCUT2D eigenvalue weighted by atomic mass is 19.1. The van der Waals surface area contributed by atoms with Gasteiger partial charge in [-0.15, -0.1) is 0 Å². The molecule has 0 aromatic heterocycles. The van der Waals surface area contributed by atoms with Crippen LogP contribution >= 0.6 is 0 Å². The molecule has 19 heavy (non-hydrogen) atoms. The van der Waals surface area contributed by atoms with Crippen molar-refractivity contribution in [2.75, 3.05) is 13.1 Å². The number of halogens is 1. The minimum Gasteiger partial charge on any atom is -0.294 e. The molecule has 2 nitrogen and oxygen atoms in total. The van der Waals surface area contributed by atoms with E-state index in [9.17, 15) is 9.18 Å². The van der Waals surface area contributed by atoms with E-state index in [2.05, 4.69) is 25.7 Å². The van der Waals surface area contributed by atoms with Gasteiger partial charge < -0.3 is 0 Å². The first-order valence-corrected chi connectivity index (χ1v) is 7.03. The molecule has 0 radical (unpaired) electrons. The van der Waals surface area contributed by atoms with Crippen LogP contribution in [0.25, 0.3) is 0 Å². The Labute approximate surface area is 115 Å². The smallest absolute Gasteiger partial charge is 0.179 e. The number of nitrogens with zero attached hydrogens (tertiary/aromatic N) is 1. The Kier molecular flexibility index (Phi) is 6.16. The van der Waals surface area contributed by atoms with Gasteiger partial charge in [-0.05, 0) is 43.7 Å². The third-order valence-corrected chi connectivity index (χ3v) is 3.71. The molecule has 0 aliphatic rings. The van der Waals surface area contributed by atoms with Crippen molar-refractivity contribution >= 4 is 5.78 Å². The Balaban J connectivity index is 2.76. The second-order valence-electron chi connectivity index (χ2n) is 5.15. The standard InChI is InChI=1S/C16H24FNO/c1-5-12(3)11-18(6-2)13(4)16(19)14-7-9-15(17)10-8-14/h7-10,12-13H,5-6,11H2,1-4H3. The molecule has 0 fully saturated rings. The summed E-state index contributed by atoms with van der Waals surface area (Å²) in [4.78, 5) is 14.5. The predicted molar refractivity (Wildman–Crippen MR) is 76.9 cm³/mol. The zero-order valence-corrected chi connectivity index (χ0v) is 12.3. The van der Waals surface area contributed by atoms with E-state index in [-0.39, 0.29) is 17.6 Å². The third kappa shape index (κ3) is 4.43. The van der Waals surface area contributed by atoms with Crippen molar-refractivity contribution < 1.29 is 9.18 Å². The summed E-state index contributed by atoms with van der Waals surface area (Å²) in [6.07, 6.45) is 1.11. The number of benzene rings is 1. The maximum atomic E-state index is 12.9. The first kappa shape index (κ1) is 15.8. The van der Waals surface area contributed by atoms with Crippen LogP contribution in [0.5, 0.6) is 0 Å². The van der Waals surface area contributed by atoms with Crippen LogP contribution in [0.15, 0.2) is 24.3 Å². The van der Waals surface area contributed by atoms with E-state index < -0.39 is 0 Å². The molecule has 2 unspecified atom stereocenters. The highest BCUT2D eigenvalue weighted by Crippen LogP contribution is 2.13. The number of likely N-dealkylation sites (N-methyl/N-ethyl adjacent to an activating group) is 1. The number of Topliss-reactive ketones (excluding diaryl/α,β-unsaturated/α-hetero) is 1. The normalized spacial score (nSPS) is 14.4. The molecule has 0 aliphatic heterocycles. The summed E-state index contributed by atoms with van der Waals surface area (Å²) in [6, 6.07) is 5.64. The molecule has 0 amide bonds. The Morgan fingerprint density at radius 2 is 1.79 bits per heavy atom. The van der Waals surface area contributed by atoms with Crippen LogP contribution in [-0.2, 0) is 0 Å². The van der Waals surface area contributed by atoms with Gasteiger partial charge in [0.15, 0.2) is 5.78 Å². The molecular formula is C16H24FNO. The van der Waals surface area contributed by atoms with Gasteiger partial charge >= 0.3 is 0 Å². The SMILES string of the molecule is CCC(C)CN(CC)C(C)C(=O)c1ccc(F)cc1. The average molecular weight is 265 g/mol. The second-order valence-corrected chi connectivity index (χ2v) is 5.15. The molecule has 1 aromatic rings. The molecule has 0 saturated carbocycles. The topological polar surface area (TPSA) is 20.3 Å². The average Bonchev–Trinajstić information content (AvgIpc) is 2.43. The van der Waals surface area contributed by atoms with E-state index in [1.54, 1.807) is 12.1 Å². The molecule has 1 aromatic carbocycles. The van der Waals surface area contributed by atoms with Gasteiger partial charge in [-0.2, -0.15) is 0 Å². The van der Waals surface area contributed by atoms with Gasteiger partial charge in [0.25, 0.3) is 0 Å². The molecule has 0 saturated heterocycles. The van der Waals surface area contributed by atoms with Crippen LogP contribution in [0.3, 0.4) is 0 Å². The molecule has 0 bridgehead atoms. The lowest BCUT2D eigenvalue weighted by Crippen LogP contribution is -2.41. The quantitative estimate of drug-likeness (QED) is 0.700. The lowest BCUT2D eigenvalue weighted by molar-refractivity contribution is 0.0825. The van der Waals surface area contributed by atoms with Crippen molar-refractivity contribution in [1.82, 2.24) is 4.90 Å². The van der Waals surface area contributed by atoms with E-state index in [0.29, 0.717) is 11.5 Å². The van der Waals surface area contributed by atoms with Crippen LogP contribution < -0.4 is 0 Å². The molecule has 0 spiro atoms. The lowest BCUT2D eigenvalue weighted by atomic mass is 10.0. The molecule has 0 N–H and O–H groups in total. The molecule has 3 heteroatoms. The summed E-state index contributed by atoms with van der Waals surface area (Å²) in [5.74, 6) is 0.324.